The third-order valence-electron chi connectivity index (χ3n) is 3.41. The van der Waals surface area contributed by atoms with E-state index in [9.17, 15) is 14.7 Å². The molecule has 2 fully saturated rings. The first-order valence-electron chi connectivity index (χ1n) is 6.42. The Morgan fingerprint density at radius 1 is 1.50 bits per heavy atom. The first-order valence-corrected chi connectivity index (χ1v) is 8.29. The molecule has 0 bridgehead atoms. The van der Waals surface area contributed by atoms with Gasteiger partial charge in [0.2, 0.25) is 0 Å². The van der Waals surface area contributed by atoms with Crippen molar-refractivity contribution in [3.05, 3.63) is 11.1 Å². The highest BCUT2D eigenvalue weighted by Crippen LogP contribution is 2.45. The average Bonchev–Trinajstić information content (AvgIpc) is 3.00. The predicted molar refractivity (Wildman–Crippen MR) is 78.1 cm³/mol. The number of aryl methyl sites for hydroxylation is 1. The van der Waals surface area contributed by atoms with Crippen LogP contribution in [-0.2, 0) is 4.79 Å². The van der Waals surface area contributed by atoms with Gasteiger partial charge in [0.25, 0.3) is 0 Å². The number of amides is 2. The molecule has 1 aliphatic heterocycles. The van der Waals surface area contributed by atoms with E-state index in [4.69, 9.17) is 0 Å². The Balaban J connectivity index is 1.76. The molecule has 0 radical (unpaired) electrons. The molecular weight excluding hydrogens is 298 g/mol. The van der Waals surface area contributed by atoms with Crippen molar-refractivity contribution >= 4 is 40.2 Å². The Morgan fingerprint density at radius 2 is 2.25 bits per heavy atom. The van der Waals surface area contributed by atoms with Gasteiger partial charge in [-0.25, -0.2) is 14.6 Å². The molecule has 20 heavy (non-hydrogen) atoms. The van der Waals surface area contributed by atoms with E-state index in [-0.39, 0.29) is 11.4 Å². The molecule has 1 aromatic rings. The van der Waals surface area contributed by atoms with Gasteiger partial charge in [-0.15, -0.1) is 23.1 Å². The van der Waals surface area contributed by atoms with E-state index in [2.05, 4.69) is 10.3 Å². The summed E-state index contributed by atoms with van der Waals surface area (Å²) in [7, 11) is 0. The fourth-order valence-corrected chi connectivity index (χ4v) is 4.57. The molecule has 2 N–H and O–H groups in total. The summed E-state index contributed by atoms with van der Waals surface area (Å²) >= 11 is 2.95. The van der Waals surface area contributed by atoms with Crippen molar-refractivity contribution in [2.24, 2.45) is 5.92 Å². The summed E-state index contributed by atoms with van der Waals surface area (Å²) < 4.78 is 0. The highest BCUT2D eigenvalue weighted by Gasteiger charge is 2.48. The second-order valence-corrected chi connectivity index (χ2v) is 7.41. The van der Waals surface area contributed by atoms with Crippen LogP contribution in [0.25, 0.3) is 0 Å². The number of hydrogen-bond acceptors (Lipinski definition) is 5. The van der Waals surface area contributed by atoms with Crippen molar-refractivity contribution in [1.82, 2.24) is 9.88 Å². The number of hydrogen-bond donors (Lipinski definition) is 2. The van der Waals surface area contributed by atoms with Crippen molar-refractivity contribution in [3.63, 3.8) is 0 Å². The van der Waals surface area contributed by atoms with Gasteiger partial charge in [-0.3, -0.25) is 10.2 Å². The van der Waals surface area contributed by atoms with Crippen LogP contribution in [0.5, 0.6) is 0 Å². The van der Waals surface area contributed by atoms with E-state index in [1.54, 1.807) is 18.0 Å². The van der Waals surface area contributed by atoms with Gasteiger partial charge in [0, 0.05) is 16.8 Å². The summed E-state index contributed by atoms with van der Waals surface area (Å²) in [6.07, 6.45) is 3.83. The van der Waals surface area contributed by atoms with Gasteiger partial charge in [0.15, 0.2) is 5.13 Å². The molecule has 2 atom stereocenters. The summed E-state index contributed by atoms with van der Waals surface area (Å²) in [6.45, 7) is 1.91. The summed E-state index contributed by atoms with van der Waals surface area (Å²) in [6, 6.07) is -1.10. The number of thiazole rings is 1. The maximum Gasteiger partial charge on any atom is 0.327 e. The number of thioether (sulfide) groups is 1. The Hall–Kier alpha value is -1.28. The molecule has 2 amide bonds. The lowest BCUT2D eigenvalue weighted by molar-refractivity contribution is -0.141. The number of anilines is 1. The largest absolute Gasteiger partial charge is 0.480 e. The van der Waals surface area contributed by atoms with Crippen LogP contribution in [0.15, 0.2) is 6.20 Å². The quantitative estimate of drug-likeness (QED) is 0.894. The molecule has 1 saturated carbocycles. The molecule has 6 nitrogen and oxygen atoms in total. The lowest BCUT2D eigenvalue weighted by Gasteiger charge is -2.26. The zero-order valence-electron chi connectivity index (χ0n) is 10.9. The Labute approximate surface area is 124 Å². The fourth-order valence-electron chi connectivity index (χ4n) is 2.29. The smallest absolute Gasteiger partial charge is 0.327 e. The maximum absolute atomic E-state index is 12.4. The number of carboxylic acid groups (broad SMARTS) is 1. The van der Waals surface area contributed by atoms with Crippen molar-refractivity contribution < 1.29 is 14.7 Å². The first-order chi connectivity index (χ1) is 9.56. The number of nitrogens with one attached hydrogen (secondary N) is 1. The summed E-state index contributed by atoms with van der Waals surface area (Å²) in [5.41, 5.74) is 0. The van der Waals surface area contributed by atoms with E-state index in [1.807, 2.05) is 6.92 Å². The Kier molecular flexibility index (Phi) is 3.59. The number of nitrogens with zero attached hydrogens (tertiary/aromatic N) is 2. The number of carbonyl (C=O) groups is 2. The minimum atomic E-state index is -0.939. The van der Waals surface area contributed by atoms with Crippen LogP contribution in [0, 0.1) is 12.8 Å². The van der Waals surface area contributed by atoms with E-state index >= 15 is 0 Å². The van der Waals surface area contributed by atoms with Gasteiger partial charge in [-0.2, -0.15) is 0 Å². The summed E-state index contributed by atoms with van der Waals surface area (Å²) in [5.74, 6) is -0.0416. The normalized spacial score (nSPS) is 25.8. The van der Waals surface area contributed by atoms with Gasteiger partial charge in [-0.1, -0.05) is 0 Å². The second kappa shape index (κ2) is 5.25. The van der Waals surface area contributed by atoms with Gasteiger partial charge >= 0.3 is 12.0 Å². The van der Waals surface area contributed by atoms with E-state index in [1.165, 1.54) is 16.2 Å². The van der Waals surface area contributed by atoms with Gasteiger partial charge in [-0.05, 0) is 25.7 Å². The van der Waals surface area contributed by atoms with Crippen LogP contribution in [0.3, 0.4) is 0 Å². The standard InChI is InChI=1S/C12H15N3O3S2/c1-6-4-13-11(20-6)14-12(18)15-8(10(16)17)5-19-9(15)7-2-3-7/h4,7-9H,2-3,5H2,1H3,(H,16,17)(H,13,14,18). The number of rotatable bonds is 3. The third kappa shape index (κ3) is 2.62. The van der Waals surface area contributed by atoms with Crippen LogP contribution in [-0.4, -0.2) is 44.2 Å². The van der Waals surface area contributed by atoms with Crippen LogP contribution in [0.1, 0.15) is 17.7 Å². The van der Waals surface area contributed by atoms with Crippen LogP contribution >= 0.6 is 23.1 Å². The van der Waals surface area contributed by atoms with Crippen LogP contribution in [0.2, 0.25) is 0 Å². The molecule has 2 aliphatic rings. The van der Waals surface area contributed by atoms with Gasteiger partial charge in [0.05, 0.1) is 5.37 Å². The molecule has 108 valence electrons. The molecule has 1 aromatic heterocycles. The highest BCUT2D eigenvalue weighted by molar-refractivity contribution is 8.00. The number of aliphatic carboxylic acids is 1. The average molecular weight is 313 g/mol. The Bertz CT molecular complexity index is 544. The van der Waals surface area contributed by atoms with Crippen molar-refractivity contribution in [3.8, 4) is 0 Å². The minimum absolute atomic E-state index is 0.0165. The van der Waals surface area contributed by atoms with Crippen LogP contribution in [0.4, 0.5) is 9.93 Å². The van der Waals surface area contributed by atoms with E-state index in [0.717, 1.165) is 17.7 Å². The topological polar surface area (TPSA) is 82.5 Å². The van der Waals surface area contributed by atoms with Gasteiger partial charge < -0.3 is 5.11 Å². The van der Waals surface area contributed by atoms with Crippen molar-refractivity contribution in [2.45, 2.75) is 31.2 Å². The molecule has 3 rings (SSSR count). The van der Waals surface area contributed by atoms with E-state index in [0.29, 0.717) is 16.8 Å². The van der Waals surface area contributed by atoms with Crippen molar-refractivity contribution in [2.75, 3.05) is 11.1 Å². The summed E-state index contributed by atoms with van der Waals surface area (Å²) in [5, 5.41) is 12.5. The third-order valence-corrected chi connectivity index (χ3v) is 5.70. The Morgan fingerprint density at radius 3 is 2.80 bits per heavy atom. The molecular formula is C12H15N3O3S2. The number of aromatic nitrogens is 1. The fraction of sp³-hybridized carbons (Fsp3) is 0.583. The lowest BCUT2D eigenvalue weighted by Crippen LogP contribution is -2.48. The SMILES string of the molecule is Cc1cnc(NC(=O)N2C(C(=O)O)CSC2C2CC2)s1. The lowest BCUT2D eigenvalue weighted by atomic mass is 10.2. The molecule has 1 aliphatic carbocycles. The zero-order valence-corrected chi connectivity index (χ0v) is 12.5. The number of urea groups is 1. The van der Waals surface area contributed by atoms with Crippen LogP contribution < -0.4 is 5.32 Å². The molecule has 0 spiro atoms. The minimum Gasteiger partial charge on any atom is -0.480 e. The zero-order chi connectivity index (χ0) is 14.3. The maximum atomic E-state index is 12.4. The molecule has 1 saturated heterocycles. The van der Waals surface area contributed by atoms with E-state index < -0.39 is 12.0 Å². The second-order valence-electron chi connectivity index (χ2n) is 5.03. The molecule has 8 heteroatoms. The molecule has 2 unspecified atom stereocenters. The predicted octanol–water partition coefficient (Wildman–Crippen LogP) is 2.22. The number of carbonyl (C=O) groups excluding carboxylic acids is 1. The van der Waals surface area contributed by atoms with Gasteiger partial charge in [0.1, 0.15) is 6.04 Å². The monoisotopic (exact) mass is 313 g/mol. The van der Waals surface area contributed by atoms with Crippen molar-refractivity contribution in [1.29, 1.82) is 0 Å². The number of carboxylic acids is 1. The molecule has 0 aromatic carbocycles. The molecule has 2 heterocycles. The summed E-state index contributed by atoms with van der Waals surface area (Å²) in [4.78, 5) is 30.3. The highest BCUT2D eigenvalue weighted by atomic mass is 32.2. The first kappa shape index (κ1) is 13.7.